The lowest BCUT2D eigenvalue weighted by Crippen LogP contribution is -2.48. The van der Waals surface area contributed by atoms with Crippen molar-refractivity contribution < 1.29 is 13.5 Å². The Kier molecular flexibility index (Phi) is 4.39. The van der Waals surface area contributed by atoms with Crippen LogP contribution in [0.15, 0.2) is 23.1 Å². The molecule has 1 atom stereocenters. The van der Waals surface area contributed by atoms with E-state index >= 15 is 0 Å². The van der Waals surface area contributed by atoms with Crippen molar-refractivity contribution in [3.63, 3.8) is 0 Å². The second kappa shape index (κ2) is 5.64. The minimum Gasteiger partial charge on any atom is -0.389 e. The molecule has 0 bridgehead atoms. The SMILES string of the molecule is Cc1ccc(C(N)=S)cc1S(=O)(=O)N1CCCC(C)(O)C1. The van der Waals surface area contributed by atoms with E-state index in [0.29, 0.717) is 30.5 Å². The topological polar surface area (TPSA) is 83.6 Å². The van der Waals surface area contributed by atoms with Crippen LogP contribution in [0.4, 0.5) is 0 Å². The van der Waals surface area contributed by atoms with Crippen LogP contribution in [0.2, 0.25) is 0 Å². The Morgan fingerprint density at radius 3 is 2.71 bits per heavy atom. The molecule has 1 fully saturated rings. The minimum absolute atomic E-state index is 0.103. The number of rotatable bonds is 3. The van der Waals surface area contributed by atoms with E-state index in [1.807, 2.05) is 0 Å². The van der Waals surface area contributed by atoms with Gasteiger partial charge >= 0.3 is 0 Å². The largest absolute Gasteiger partial charge is 0.389 e. The summed E-state index contributed by atoms with van der Waals surface area (Å²) in [5, 5.41) is 10.1. The van der Waals surface area contributed by atoms with Crippen LogP contribution in [0.25, 0.3) is 0 Å². The molecule has 1 aromatic carbocycles. The van der Waals surface area contributed by atoms with Crippen LogP contribution in [-0.4, -0.2) is 41.5 Å². The van der Waals surface area contributed by atoms with E-state index in [0.717, 1.165) is 0 Å². The molecule has 0 amide bonds. The van der Waals surface area contributed by atoms with E-state index in [1.165, 1.54) is 10.4 Å². The lowest BCUT2D eigenvalue weighted by molar-refractivity contribution is 0.00939. The van der Waals surface area contributed by atoms with Crippen molar-refractivity contribution in [3.05, 3.63) is 29.3 Å². The van der Waals surface area contributed by atoms with Crippen LogP contribution in [0.3, 0.4) is 0 Å². The van der Waals surface area contributed by atoms with Gasteiger partial charge in [0.2, 0.25) is 10.0 Å². The number of nitrogens with two attached hydrogens (primary N) is 1. The third-order valence-corrected chi connectivity index (χ3v) is 5.95. The third kappa shape index (κ3) is 3.42. The molecule has 5 nitrogen and oxygen atoms in total. The number of β-amino-alcohol motifs (C(OH)–C–C–N with tert-alkyl or cyclic N) is 1. The molecule has 1 saturated heterocycles. The molecule has 7 heteroatoms. The Balaban J connectivity index is 2.44. The summed E-state index contributed by atoms with van der Waals surface area (Å²) in [5.41, 5.74) is 5.76. The third-order valence-electron chi connectivity index (χ3n) is 3.73. The van der Waals surface area contributed by atoms with Gasteiger partial charge < -0.3 is 10.8 Å². The Hall–Kier alpha value is -1.02. The number of sulfonamides is 1. The Morgan fingerprint density at radius 2 is 2.14 bits per heavy atom. The molecule has 1 aliphatic heterocycles. The van der Waals surface area contributed by atoms with Crippen LogP contribution in [0.1, 0.15) is 30.9 Å². The predicted molar refractivity (Wildman–Crippen MR) is 85.7 cm³/mol. The van der Waals surface area contributed by atoms with Gasteiger partial charge in [-0.25, -0.2) is 8.42 Å². The van der Waals surface area contributed by atoms with E-state index in [9.17, 15) is 13.5 Å². The number of piperidine rings is 1. The molecule has 1 heterocycles. The zero-order valence-corrected chi connectivity index (χ0v) is 13.8. The quantitative estimate of drug-likeness (QED) is 0.814. The zero-order chi connectivity index (χ0) is 15.8. The number of hydrogen-bond acceptors (Lipinski definition) is 4. The molecular formula is C14H20N2O3S2. The van der Waals surface area contributed by atoms with Gasteiger partial charge in [-0.05, 0) is 38.3 Å². The van der Waals surface area contributed by atoms with Crippen molar-refractivity contribution in [1.82, 2.24) is 4.31 Å². The van der Waals surface area contributed by atoms with Gasteiger partial charge in [-0.2, -0.15) is 4.31 Å². The van der Waals surface area contributed by atoms with Crippen LogP contribution >= 0.6 is 12.2 Å². The normalized spacial score (nSPS) is 24.0. The monoisotopic (exact) mass is 328 g/mol. The lowest BCUT2D eigenvalue weighted by Gasteiger charge is -2.36. The van der Waals surface area contributed by atoms with Gasteiger partial charge in [0.1, 0.15) is 4.99 Å². The van der Waals surface area contributed by atoms with Crippen LogP contribution in [-0.2, 0) is 10.0 Å². The molecule has 21 heavy (non-hydrogen) atoms. The van der Waals surface area contributed by atoms with Gasteiger partial charge in [-0.3, -0.25) is 0 Å². The highest BCUT2D eigenvalue weighted by Crippen LogP contribution is 2.28. The summed E-state index contributed by atoms with van der Waals surface area (Å²) in [6.07, 6.45) is 1.24. The molecule has 1 aromatic rings. The van der Waals surface area contributed by atoms with Crippen molar-refractivity contribution in [2.45, 2.75) is 37.2 Å². The number of thiocarbonyl (C=S) groups is 1. The van der Waals surface area contributed by atoms with Gasteiger partial charge in [-0.1, -0.05) is 24.4 Å². The van der Waals surface area contributed by atoms with Crippen LogP contribution in [0.5, 0.6) is 0 Å². The van der Waals surface area contributed by atoms with Crippen LogP contribution < -0.4 is 5.73 Å². The van der Waals surface area contributed by atoms with Crippen molar-refractivity contribution in [3.8, 4) is 0 Å². The van der Waals surface area contributed by atoms with Crippen molar-refractivity contribution >= 4 is 27.2 Å². The average molecular weight is 328 g/mol. The molecule has 0 aromatic heterocycles. The highest BCUT2D eigenvalue weighted by atomic mass is 32.2. The molecule has 2 rings (SSSR count). The molecule has 0 radical (unpaired) electrons. The average Bonchev–Trinajstić information content (AvgIpc) is 2.37. The fourth-order valence-electron chi connectivity index (χ4n) is 2.55. The molecule has 0 spiro atoms. The van der Waals surface area contributed by atoms with Gasteiger partial charge in [0, 0.05) is 18.7 Å². The van der Waals surface area contributed by atoms with E-state index in [-0.39, 0.29) is 16.4 Å². The Labute approximate surface area is 130 Å². The fourth-order valence-corrected chi connectivity index (χ4v) is 4.52. The molecule has 0 aliphatic carbocycles. The first-order valence-electron chi connectivity index (χ1n) is 6.76. The van der Waals surface area contributed by atoms with Crippen LogP contribution in [0, 0.1) is 6.92 Å². The van der Waals surface area contributed by atoms with Crippen molar-refractivity contribution in [1.29, 1.82) is 0 Å². The molecular weight excluding hydrogens is 308 g/mol. The Morgan fingerprint density at radius 1 is 1.48 bits per heavy atom. The van der Waals surface area contributed by atoms with Gasteiger partial charge in [0.05, 0.1) is 10.5 Å². The number of benzene rings is 1. The summed E-state index contributed by atoms with van der Waals surface area (Å²) in [6, 6.07) is 4.92. The lowest BCUT2D eigenvalue weighted by atomic mass is 9.97. The predicted octanol–water partition coefficient (Wildman–Crippen LogP) is 1.16. The van der Waals surface area contributed by atoms with Crippen molar-refractivity contribution in [2.24, 2.45) is 5.73 Å². The van der Waals surface area contributed by atoms with Gasteiger partial charge in [0.15, 0.2) is 0 Å². The molecule has 0 saturated carbocycles. The van der Waals surface area contributed by atoms with E-state index < -0.39 is 15.6 Å². The summed E-state index contributed by atoms with van der Waals surface area (Å²) in [7, 11) is -3.66. The van der Waals surface area contributed by atoms with E-state index in [2.05, 4.69) is 0 Å². The number of aliphatic hydroxyl groups is 1. The number of hydrogen-bond donors (Lipinski definition) is 2. The maximum absolute atomic E-state index is 12.8. The summed E-state index contributed by atoms with van der Waals surface area (Å²) in [6.45, 7) is 3.91. The van der Waals surface area contributed by atoms with E-state index in [4.69, 9.17) is 18.0 Å². The highest BCUT2D eigenvalue weighted by molar-refractivity contribution is 7.89. The summed E-state index contributed by atoms with van der Waals surface area (Å²) in [5.74, 6) is 0. The molecule has 1 aliphatic rings. The van der Waals surface area contributed by atoms with E-state index in [1.54, 1.807) is 26.0 Å². The van der Waals surface area contributed by atoms with Crippen molar-refractivity contribution in [2.75, 3.05) is 13.1 Å². The first kappa shape index (κ1) is 16.4. The minimum atomic E-state index is -3.66. The summed E-state index contributed by atoms with van der Waals surface area (Å²) in [4.78, 5) is 0.364. The molecule has 1 unspecified atom stereocenters. The fraction of sp³-hybridized carbons (Fsp3) is 0.500. The standard InChI is InChI=1S/C14H20N2O3S2/c1-10-4-5-11(13(15)20)8-12(10)21(18,19)16-7-3-6-14(2,17)9-16/h4-5,8,17H,3,6-7,9H2,1-2H3,(H2,15,20). The molecule has 3 N–H and O–H groups in total. The highest BCUT2D eigenvalue weighted by Gasteiger charge is 2.36. The first-order chi connectivity index (χ1) is 9.63. The van der Waals surface area contributed by atoms with Gasteiger partial charge in [0.25, 0.3) is 0 Å². The Bertz CT molecular complexity index is 669. The first-order valence-corrected chi connectivity index (χ1v) is 8.61. The second-order valence-corrected chi connectivity index (χ2v) is 8.13. The zero-order valence-electron chi connectivity index (χ0n) is 12.2. The number of nitrogens with zero attached hydrogens (tertiary/aromatic N) is 1. The maximum Gasteiger partial charge on any atom is 0.243 e. The number of aryl methyl sites for hydroxylation is 1. The van der Waals surface area contributed by atoms with Gasteiger partial charge in [-0.15, -0.1) is 0 Å². The smallest absolute Gasteiger partial charge is 0.243 e. The molecule has 116 valence electrons. The summed E-state index contributed by atoms with van der Waals surface area (Å²) >= 11 is 4.91. The second-order valence-electron chi connectivity index (χ2n) is 5.78. The maximum atomic E-state index is 12.8. The summed E-state index contributed by atoms with van der Waals surface area (Å²) < 4.78 is 26.9.